The third-order valence-corrected chi connectivity index (χ3v) is 3.90. The quantitative estimate of drug-likeness (QED) is 0.778. The zero-order chi connectivity index (χ0) is 11.8. The molecule has 92 valence electrons. The molecule has 0 radical (unpaired) electrons. The van der Waals surface area contributed by atoms with Gasteiger partial charge in [0, 0.05) is 37.9 Å². The molecule has 3 heterocycles. The van der Waals surface area contributed by atoms with Crippen LogP contribution >= 0.6 is 0 Å². The Hall–Kier alpha value is -1.13. The van der Waals surface area contributed by atoms with Crippen LogP contribution in [0.2, 0.25) is 0 Å². The molecular weight excluding hydrogens is 214 g/mol. The van der Waals surface area contributed by atoms with Gasteiger partial charge in [0.1, 0.15) is 5.75 Å². The maximum absolute atomic E-state index is 5.21. The van der Waals surface area contributed by atoms with Gasteiger partial charge in [-0.25, -0.2) is 0 Å². The number of piperazine rings is 1. The van der Waals surface area contributed by atoms with Gasteiger partial charge in [-0.2, -0.15) is 0 Å². The summed E-state index contributed by atoms with van der Waals surface area (Å²) in [5, 5.41) is 0. The Morgan fingerprint density at radius 1 is 1.35 bits per heavy atom. The van der Waals surface area contributed by atoms with Crippen LogP contribution in [0.3, 0.4) is 0 Å². The van der Waals surface area contributed by atoms with Crippen LogP contribution in [0.25, 0.3) is 0 Å². The summed E-state index contributed by atoms with van der Waals surface area (Å²) in [6.45, 7) is 3.41. The SMILES string of the molecule is COc1cncc(CN2C3CC2CN(C)C3)c1. The van der Waals surface area contributed by atoms with Crippen LogP contribution in [0.4, 0.5) is 0 Å². The van der Waals surface area contributed by atoms with Crippen molar-refractivity contribution >= 4 is 0 Å². The number of aromatic nitrogens is 1. The number of rotatable bonds is 3. The van der Waals surface area contributed by atoms with Crippen molar-refractivity contribution in [1.82, 2.24) is 14.8 Å². The maximum Gasteiger partial charge on any atom is 0.137 e. The monoisotopic (exact) mass is 233 g/mol. The van der Waals surface area contributed by atoms with Crippen LogP contribution in [-0.2, 0) is 6.54 Å². The lowest BCUT2D eigenvalue weighted by Crippen LogP contribution is -2.67. The van der Waals surface area contributed by atoms with Gasteiger partial charge in [-0.05, 0) is 25.1 Å². The van der Waals surface area contributed by atoms with Crippen molar-refractivity contribution in [2.75, 3.05) is 27.2 Å². The summed E-state index contributed by atoms with van der Waals surface area (Å²) in [4.78, 5) is 9.24. The molecule has 4 nitrogen and oxygen atoms in total. The van der Waals surface area contributed by atoms with Gasteiger partial charge in [0.15, 0.2) is 0 Å². The Bertz CT molecular complexity index is 397. The minimum atomic E-state index is 0.741. The third-order valence-electron chi connectivity index (χ3n) is 3.90. The van der Waals surface area contributed by atoms with Crippen LogP contribution in [-0.4, -0.2) is 54.1 Å². The van der Waals surface area contributed by atoms with Gasteiger partial charge in [0.05, 0.1) is 13.3 Å². The van der Waals surface area contributed by atoms with E-state index in [1.54, 1.807) is 13.3 Å². The average Bonchev–Trinajstić information content (AvgIpc) is 2.36. The molecule has 2 fully saturated rings. The number of hydrogen-bond acceptors (Lipinski definition) is 4. The Kier molecular flexibility index (Phi) is 2.76. The van der Waals surface area contributed by atoms with Gasteiger partial charge in [-0.1, -0.05) is 0 Å². The normalized spacial score (nSPS) is 28.8. The van der Waals surface area contributed by atoms with Crippen LogP contribution in [0, 0.1) is 0 Å². The van der Waals surface area contributed by atoms with Gasteiger partial charge < -0.3 is 9.64 Å². The maximum atomic E-state index is 5.21. The fourth-order valence-electron chi connectivity index (χ4n) is 3.03. The number of methoxy groups -OCH3 is 1. The Balaban J connectivity index is 1.67. The molecule has 4 heteroatoms. The first-order valence-corrected chi connectivity index (χ1v) is 6.18. The number of likely N-dealkylation sites (N-methyl/N-ethyl adjacent to an activating group) is 1. The van der Waals surface area contributed by atoms with Crippen molar-refractivity contribution < 1.29 is 4.74 Å². The highest BCUT2D eigenvalue weighted by Gasteiger charge is 2.43. The van der Waals surface area contributed by atoms with Gasteiger partial charge in [0.25, 0.3) is 0 Å². The van der Waals surface area contributed by atoms with Crippen LogP contribution in [0.15, 0.2) is 18.5 Å². The standard InChI is InChI=1S/C13H19N3O/c1-15-8-11-4-12(9-15)16(11)7-10-3-13(17-2)6-14-5-10/h3,5-6,11-12H,4,7-9H2,1-2H3. The summed E-state index contributed by atoms with van der Waals surface area (Å²) in [5.41, 5.74) is 1.25. The molecule has 0 N–H and O–H groups in total. The van der Waals surface area contributed by atoms with Crippen LogP contribution in [0.5, 0.6) is 5.75 Å². The van der Waals surface area contributed by atoms with E-state index in [2.05, 4.69) is 27.9 Å². The first-order valence-electron chi connectivity index (χ1n) is 6.18. The van der Waals surface area contributed by atoms with E-state index in [-0.39, 0.29) is 0 Å². The van der Waals surface area contributed by atoms with Crippen molar-refractivity contribution in [2.45, 2.75) is 25.0 Å². The molecule has 0 spiro atoms. The number of pyridine rings is 1. The first-order chi connectivity index (χ1) is 8.26. The van der Waals surface area contributed by atoms with E-state index in [1.165, 1.54) is 25.1 Å². The molecule has 2 atom stereocenters. The Morgan fingerprint density at radius 3 is 2.82 bits per heavy atom. The summed E-state index contributed by atoms with van der Waals surface area (Å²) in [5.74, 6) is 0.852. The molecular formula is C13H19N3O. The zero-order valence-electron chi connectivity index (χ0n) is 10.5. The van der Waals surface area contributed by atoms with E-state index in [0.717, 1.165) is 24.4 Å². The second-order valence-electron chi connectivity index (χ2n) is 5.17. The molecule has 0 aromatic carbocycles. The second kappa shape index (κ2) is 4.27. The predicted octanol–water partition coefficient (Wildman–Crippen LogP) is 0.978. The highest BCUT2D eigenvalue weighted by Crippen LogP contribution is 2.33. The largest absolute Gasteiger partial charge is 0.495 e. The van der Waals surface area contributed by atoms with Gasteiger partial charge in [0.2, 0.25) is 0 Å². The molecule has 3 rings (SSSR count). The summed E-state index contributed by atoms with van der Waals surface area (Å²) < 4.78 is 5.21. The number of hydrogen-bond donors (Lipinski definition) is 0. The predicted molar refractivity (Wildman–Crippen MR) is 66.0 cm³/mol. The van der Waals surface area contributed by atoms with E-state index in [1.807, 2.05) is 6.20 Å². The molecule has 1 aromatic rings. The first kappa shape index (κ1) is 11.0. The highest BCUT2D eigenvalue weighted by molar-refractivity contribution is 5.24. The molecule has 2 aliphatic heterocycles. The molecule has 2 unspecified atom stereocenters. The minimum Gasteiger partial charge on any atom is -0.495 e. The number of fused-ring (bicyclic) bond motifs is 2. The van der Waals surface area contributed by atoms with E-state index >= 15 is 0 Å². The minimum absolute atomic E-state index is 0.741. The fourth-order valence-corrected chi connectivity index (χ4v) is 3.03. The summed E-state index contributed by atoms with van der Waals surface area (Å²) in [6, 6.07) is 3.57. The van der Waals surface area contributed by atoms with Crippen LogP contribution in [0.1, 0.15) is 12.0 Å². The van der Waals surface area contributed by atoms with E-state index in [0.29, 0.717) is 0 Å². The smallest absolute Gasteiger partial charge is 0.137 e. The molecule has 2 saturated heterocycles. The Morgan fingerprint density at radius 2 is 2.12 bits per heavy atom. The van der Waals surface area contributed by atoms with Gasteiger partial charge in [-0.15, -0.1) is 0 Å². The lowest BCUT2D eigenvalue weighted by atomic mass is 9.87. The number of likely N-dealkylation sites (tertiary alicyclic amines) is 2. The molecule has 0 amide bonds. The number of piperidine rings is 1. The average molecular weight is 233 g/mol. The van der Waals surface area contributed by atoms with E-state index < -0.39 is 0 Å². The Labute approximate surface area is 102 Å². The zero-order valence-corrected chi connectivity index (χ0v) is 10.5. The fraction of sp³-hybridized carbons (Fsp3) is 0.615. The van der Waals surface area contributed by atoms with Gasteiger partial charge >= 0.3 is 0 Å². The van der Waals surface area contributed by atoms with Crippen molar-refractivity contribution in [2.24, 2.45) is 0 Å². The lowest BCUT2D eigenvalue weighted by molar-refractivity contribution is -0.0669. The lowest BCUT2D eigenvalue weighted by Gasteiger charge is -2.55. The van der Waals surface area contributed by atoms with E-state index in [9.17, 15) is 0 Å². The summed E-state index contributed by atoms with van der Waals surface area (Å²) in [7, 11) is 3.90. The molecule has 2 bridgehead atoms. The van der Waals surface area contributed by atoms with E-state index in [4.69, 9.17) is 4.74 Å². The molecule has 1 aromatic heterocycles. The topological polar surface area (TPSA) is 28.6 Å². The third kappa shape index (κ3) is 2.03. The molecule has 0 saturated carbocycles. The highest BCUT2D eigenvalue weighted by atomic mass is 16.5. The number of nitrogens with zero attached hydrogens (tertiary/aromatic N) is 3. The summed E-state index contributed by atoms with van der Waals surface area (Å²) in [6.07, 6.45) is 5.07. The summed E-state index contributed by atoms with van der Waals surface area (Å²) >= 11 is 0. The second-order valence-corrected chi connectivity index (χ2v) is 5.17. The van der Waals surface area contributed by atoms with Crippen LogP contribution < -0.4 is 4.74 Å². The van der Waals surface area contributed by atoms with Crippen molar-refractivity contribution in [1.29, 1.82) is 0 Å². The molecule has 17 heavy (non-hydrogen) atoms. The van der Waals surface area contributed by atoms with Crippen molar-refractivity contribution in [3.05, 3.63) is 24.0 Å². The van der Waals surface area contributed by atoms with Crippen molar-refractivity contribution in [3.8, 4) is 5.75 Å². The molecule has 2 aliphatic rings. The molecule has 0 aliphatic carbocycles. The number of ether oxygens (including phenoxy) is 1. The van der Waals surface area contributed by atoms with Gasteiger partial charge in [-0.3, -0.25) is 9.88 Å². The van der Waals surface area contributed by atoms with Crippen molar-refractivity contribution in [3.63, 3.8) is 0 Å².